The van der Waals surface area contributed by atoms with Gasteiger partial charge >= 0.3 is 5.97 Å². The smallest absolute Gasteiger partial charge is 0.315 e. The number of carbonyl (C=O) groups excluding carboxylic acids is 2. The van der Waals surface area contributed by atoms with E-state index in [9.17, 15) is 9.59 Å². The summed E-state index contributed by atoms with van der Waals surface area (Å²) in [5.74, 6) is -0.830. The number of esters is 1. The van der Waals surface area contributed by atoms with Gasteiger partial charge in [0.2, 0.25) is 0 Å². The molecule has 1 aromatic rings. The summed E-state index contributed by atoms with van der Waals surface area (Å²) < 4.78 is 6.02. The number of ether oxygens (including phenoxy) is 1. The molecule has 2 atom stereocenters. The maximum Gasteiger partial charge on any atom is 0.315 e. The second-order valence-electron chi connectivity index (χ2n) is 9.58. The van der Waals surface area contributed by atoms with Gasteiger partial charge in [0.25, 0.3) is 0 Å². The Bertz CT molecular complexity index is 841. The first-order valence-corrected chi connectivity index (χ1v) is 11.8. The van der Waals surface area contributed by atoms with Crippen LogP contribution in [0.15, 0.2) is 33.8 Å². The average molecular weight is 414 g/mol. The molecule has 1 fully saturated rings. The SMILES string of the molecule is CC1=NC2=C(C(=O)CC(C)(C)C2)[C@H](c2cccs2)C1C(=O)OC1CCCCCC1. The van der Waals surface area contributed by atoms with Crippen LogP contribution < -0.4 is 0 Å². The monoisotopic (exact) mass is 413 g/mol. The summed E-state index contributed by atoms with van der Waals surface area (Å²) in [7, 11) is 0. The van der Waals surface area contributed by atoms with Gasteiger partial charge in [-0.05, 0) is 55.9 Å². The Morgan fingerprint density at radius 2 is 1.90 bits per heavy atom. The zero-order chi connectivity index (χ0) is 20.6. The number of allylic oxidation sites excluding steroid dienone is 2. The van der Waals surface area contributed by atoms with E-state index < -0.39 is 5.92 Å². The summed E-state index contributed by atoms with van der Waals surface area (Å²) in [6, 6.07) is 4.03. The van der Waals surface area contributed by atoms with Crippen molar-refractivity contribution in [3.05, 3.63) is 33.7 Å². The number of rotatable bonds is 3. The predicted molar refractivity (Wildman–Crippen MR) is 116 cm³/mol. The number of nitrogens with zero attached hydrogens (tertiary/aromatic N) is 1. The maximum absolute atomic E-state index is 13.4. The molecule has 1 saturated carbocycles. The topological polar surface area (TPSA) is 55.7 Å². The quantitative estimate of drug-likeness (QED) is 0.463. The van der Waals surface area contributed by atoms with Gasteiger partial charge in [0, 0.05) is 34.2 Å². The van der Waals surface area contributed by atoms with E-state index in [1.807, 2.05) is 24.4 Å². The van der Waals surface area contributed by atoms with Crippen LogP contribution in [0, 0.1) is 11.3 Å². The van der Waals surface area contributed by atoms with Gasteiger partial charge in [-0.15, -0.1) is 11.3 Å². The third-order valence-corrected chi connectivity index (χ3v) is 7.45. The van der Waals surface area contributed by atoms with Crippen LogP contribution in [0.2, 0.25) is 0 Å². The molecule has 3 aliphatic rings. The molecule has 2 aliphatic carbocycles. The summed E-state index contributed by atoms with van der Waals surface area (Å²) in [6.45, 7) is 6.16. The molecule has 0 amide bonds. The van der Waals surface area contributed by atoms with Gasteiger partial charge in [-0.25, -0.2) is 0 Å². The number of Topliss-reactive ketones (excluding diaryl/α,β-unsaturated/α-hetero) is 1. The summed E-state index contributed by atoms with van der Waals surface area (Å²) in [5.41, 5.74) is 2.32. The minimum atomic E-state index is -0.499. The first-order valence-electron chi connectivity index (χ1n) is 10.9. The molecule has 0 bridgehead atoms. The normalized spacial score (nSPS) is 27.8. The van der Waals surface area contributed by atoms with Gasteiger partial charge < -0.3 is 4.74 Å². The zero-order valence-electron chi connectivity index (χ0n) is 17.7. The fourth-order valence-electron chi connectivity index (χ4n) is 5.12. The van der Waals surface area contributed by atoms with Crippen molar-refractivity contribution in [2.45, 2.75) is 84.2 Å². The van der Waals surface area contributed by atoms with Crippen molar-refractivity contribution in [1.29, 1.82) is 0 Å². The molecular weight excluding hydrogens is 382 g/mol. The maximum atomic E-state index is 13.4. The Labute approximate surface area is 177 Å². The lowest BCUT2D eigenvalue weighted by Crippen LogP contribution is -2.40. The molecule has 4 nitrogen and oxygen atoms in total. The fraction of sp³-hybridized carbons (Fsp3) is 0.625. The van der Waals surface area contributed by atoms with Crippen molar-refractivity contribution in [2.24, 2.45) is 16.3 Å². The van der Waals surface area contributed by atoms with Gasteiger partial charge in [0.15, 0.2) is 5.78 Å². The molecule has 156 valence electrons. The van der Waals surface area contributed by atoms with E-state index >= 15 is 0 Å². The minimum absolute atomic E-state index is 0.00171. The second-order valence-corrected chi connectivity index (χ2v) is 10.6. The van der Waals surface area contributed by atoms with Gasteiger partial charge in [-0.2, -0.15) is 0 Å². The average Bonchev–Trinajstić information content (AvgIpc) is 3.04. The van der Waals surface area contributed by atoms with Gasteiger partial charge in [-0.3, -0.25) is 14.6 Å². The zero-order valence-corrected chi connectivity index (χ0v) is 18.5. The third kappa shape index (κ3) is 4.25. The van der Waals surface area contributed by atoms with Crippen molar-refractivity contribution < 1.29 is 14.3 Å². The van der Waals surface area contributed by atoms with E-state index in [1.165, 1.54) is 12.8 Å². The van der Waals surface area contributed by atoms with Crippen LogP contribution >= 0.6 is 11.3 Å². The molecular formula is C24H31NO3S. The molecule has 0 radical (unpaired) electrons. The highest BCUT2D eigenvalue weighted by Crippen LogP contribution is 2.48. The Morgan fingerprint density at radius 3 is 2.55 bits per heavy atom. The summed E-state index contributed by atoms with van der Waals surface area (Å²) in [5, 5.41) is 2.02. The fourth-order valence-corrected chi connectivity index (χ4v) is 6.00. The lowest BCUT2D eigenvalue weighted by atomic mass is 9.68. The first kappa shape index (κ1) is 20.5. The van der Waals surface area contributed by atoms with Gasteiger partial charge in [-0.1, -0.05) is 32.8 Å². The van der Waals surface area contributed by atoms with Crippen molar-refractivity contribution >= 4 is 28.8 Å². The first-order chi connectivity index (χ1) is 13.9. The Kier molecular flexibility index (Phi) is 5.78. The van der Waals surface area contributed by atoms with E-state index in [0.29, 0.717) is 6.42 Å². The van der Waals surface area contributed by atoms with E-state index in [-0.39, 0.29) is 29.2 Å². The molecule has 4 rings (SSSR count). The standard InChI is InChI=1S/C24H31NO3S/c1-15-20(23(27)28-16-9-6-4-5-7-10-16)22(19-11-8-12-29-19)21-17(25-15)13-24(2,3)14-18(21)26/h8,11-12,16,20,22H,4-7,9-10,13-14H2,1-3H3/t20?,22-/m1/s1. The van der Waals surface area contributed by atoms with Crippen LogP contribution in [-0.4, -0.2) is 23.6 Å². The number of ketones is 1. The Morgan fingerprint density at radius 1 is 1.17 bits per heavy atom. The van der Waals surface area contributed by atoms with E-state index in [1.54, 1.807) is 11.3 Å². The number of hydrogen-bond donors (Lipinski definition) is 0. The number of hydrogen-bond acceptors (Lipinski definition) is 5. The van der Waals surface area contributed by atoms with Crippen LogP contribution in [0.1, 0.15) is 82.9 Å². The van der Waals surface area contributed by atoms with E-state index in [4.69, 9.17) is 9.73 Å². The number of thiophene rings is 1. The molecule has 0 N–H and O–H groups in total. The van der Waals surface area contributed by atoms with Crippen molar-refractivity contribution in [1.82, 2.24) is 0 Å². The van der Waals surface area contributed by atoms with Crippen molar-refractivity contribution in [3.8, 4) is 0 Å². The van der Waals surface area contributed by atoms with Crippen LogP contribution in [0.5, 0.6) is 0 Å². The summed E-state index contributed by atoms with van der Waals surface area (Å²) in [6.07, 6.45) is 7.84. The van der Waals surface area contributed by atoms with Crippen molar-refractivity contribution in [2.75, 3.05) is 0 Å². The van der Waals surface area contributed by atoms with Crippen LogP contribution in [0.25, 0.3) is 0 Å². The highest BCUT2D eigenvalue weighted by Gasteiger charge is 2.46. The molecule has 0 saturated heterocycles. The molecule has 1 aromatic heterocycles. The number of carbonyl (C=O) groups is 2. The lowest BCUT2D eigenvalue weighted by molar-refractivity contribution is -0.152. The number of aliphatic imine (C=N–C) groups is 1. The summed E-state index contributed by atoms with van der Waals surface area (Å²) in [4.78, 5) is 32.4. The minimum Gasteiger partial charge on any atom is -0.462 e. The highest BCUT2D eigenvalue weighted by molar-refractivity contribution is 7.10. The predicted octanol–water partition coefficient (Wildman–Crippen LogP) is 5.83. The van der Waals surface area contributed by atoms with Crippen LogP contribution in [0.4, 0.5) is 0 Å². The molecule has 5 heteroatoms. The Hall–Kier alpha value is -1.75. The second kappa shape index (κ2) is 8.17. The molecule has 0 aromatic carbocycles. The van der Waals surface area contributed by atoms with Crippen LogP contribution in [0.3, 0.4) is 0 Å². The highest BCUT2D eigenvalue weighted by atomic mass is 32.1. The Balaban J connectivity index is 1.68. The molecule has 1 aliphatic heterocycles. The lowest BCUT2D eigenvalue weighted by Gasteiger charge is -2.38. The van der Waals surface area contributed by atoms with E-state index in [0.717, 1.165) is 54.0 Å². The van der Waals surface area contributed by atoms with Crippen molar-refractivity contribution in [3.63, 3.8) is 0 Å². The summed E-state index contributed by atoms with van der Waals surface area (Å²) >= 11 is 1.61. The van der Waals surface area contributed by atoms with Gasteiger partial charge in [0.05, 0.1) is 0 Å². The third-order valence-electron chi connectivity index (χ3n) is 6.49. The molecule has 0 spiro atoms. The molecule has 29 heavy (non-hydrogen) atoms. The molecule has 2 heterocycles. The largest absolute Gasteiger partial charge is 0.462 e. The molecule has 1 unspecified atom stereocenters. The van der Waals surface area contributed by atoms with E-state index in [2.05, 4.69) is 13.8 Å². The van der Waals surface area contributed by atoms with Gasteiger partial charge in [0.1, 0.15) is 12.0 Å². The van der Waals surface area contributed by atoms with Crippen LogP contribution in [-0.2, 0) is 14.3 Å².